The Kier molecular flexibility index (Phi) is 4.39. The molecule has 2 fully saturated rings. The molecule has 20 heavy (non-hydrogen) atoms. The van der Waals surface area contributed by atoms with Crippen molar-refractivity contribution >= 4 is 11.6 Å². The molecular weight excluding hydrogens is 246 g/mol. The van der Waals surface area contributed by atoms with Gasteiger partial charge in [0.05, 0.1) is 0 Å². The summed E-state index contributed by atoms with van der Waals surface area (Å²) in [5.41, 5.74) is 2.41. The Morgan fingerprint density at radius 3 is 2.10 bits per heavy atom. The third-order valence-electron chi connectivity index (χ3n) is 4.98. The van der Waals surface area contributed by atoms with Crippen LogP contribution in [-0.2, 0) is 4.79 Å². The third kappa shape index (κ3) is 3.23. The number of carbonyl (C=O) groups excluding carboxylic acids is 1. The number of anilines is 1. The van der Waals surface area contributed by atoms with Gasteiger partial charge in [-0.15, -0.1) is 0 Å². The molecule has 0 spiro atoms. The third-order valence-corrected chi connectivity index (χ3v) is 4.98. The van der Waals surface area contributed by atoms with E-state index in [1.807, 2.05) is 0 Å². The number of hydrogen-bond donors (Lipinski definition) is 1. The maximum atomic E-state index is 12.1. The van der Waals surface area contributed by atoms with Crippen LogP contribution in [0.15, 0.2) is 24.3 Å². The van der Waals surface area contributed by atoms with E-state index in [2.05, 4.69) is 29.6 Å². The first-order chi connectivity index (χ1) is 9.83. The van der Waals surface area contributed by atoms with Crippen molar-refractivity contribution in [3.63, 3.8) is 0 Å². The van der Waals surface area contributed by atoms with Crippen molar-refractivity contribution in [2.75, 3.05) is 5.32 Å². The first kappa shape index (κ1) is 13.7. The molecule has 1 amide bonds. The Labute approximate surface area is 122 Å². The number of benzene rings is 1. The quantitative estimate of drug-likeness (QED) is 0.835. The highest BCUT2D eigenvalue weighted by Crippen LogP contribution is 2.33. The van der Waals surface area contributed by atoms with Gasteiger partial charge in [0.25, 0.3) is 0 Å². The molecule has 0 bridgehead atoms. The summed E-state index contributed by atoms with van der Waals surface area (Å²) in [6.45, 7) is 0. The van der Waals surface area contributed by atoms with Gasteiger partial charge in [-0.25, -0.2) is 0 Å². The molecule has 2 nitrogen and oxygen atoms in total. The molecule has 2 saturated carbocycles. The number of hydrogen-bond acceptors (Lipinski definition) is 1. The topological polar surface area (TPSA) is 29.1 Å². The molecule has 0 heterocycles. The van der Waals surface area contributed by atoms with Gasteiger partial charge in [0.2, 0.25) is 5.91 Å². The fourth-order valence-corrected chi connectivity index (χ4v) is 3.71. The lowest BCUT2D eigenvalue weighted by Gasteiger charge is -2.22. The minimum atomic E-state index is 0.216. The Bertz CT molecular complexity index is 439. The molecule has 0 atom stereocenters. The molecular formula is C18H25NO. The van der Waals surface area contributed by atoms with Crippen molar-refractivity contribution < 1.29 is 4.79 Å². The first-order valence-electron chi connectivity index (χ1n) is 8.24. The lowest BCUT2D eigenvalue weighted by molar-refractivity contribution is -0.119. The van der Waals surface area contributed by atoms with Crippen molar-refractivity contribution in [3.05, 3.63) is 29.8 Å². The Hall–Kier alpha value is -1.31. The van der Waals surface area contributed by atoms with Crippen LogP contribution >= 0.6 is 0 Å². The van der Waals surface area contributed by atoms with E-state index in [1.54, 1.807) is 0 Å². The van der Waals surface area contributed by atoms with Gasteiger partial charge >= 0.3 is 0 Å². The molecule has 1 N–H and O–H groups in total. The summed E-state index contributed by atoms with van der Waals surface area (Å²) in [4.78, 5) is 12.1. The molecule has 1 aromatic carbocycles. The van der Waals surface area contributed by atoms with E-state index in [0.717, 1.165) is 24.4 Å². The van der Waals surface area contributed by atoms with E-state index in [4.69, 9.17) is 0 Å². The van der Waals surface area contributed by atoms with Crippen LogP contribution in [0.1, 0.15) is 69.3 Å². The smallest absolute Gasteiger partial charge is 0.227 e. The van der Waals surface area contributed by atoms with E-state index in [-0.39, 0.29) is 11.8 Å². The van der Waals surface area contributed by atoms with Crippen molar-refractivity contribution in [3.8, 4) is 0 Å². The van der Waals surface area contributed by atoms with Gasteiger partial charge in [0, 0.05) is 11.6 Å². The average molecular weight is 271 g/mol. The molecule has 2 aliphatic rings. The predicted molar refractivity (Wildman–Crippen MR) is 82.9 cm³/mol. The number of nitrogens with one attached hydrogen (secondary N) is 1. The monoisotopic (exact) mass is 271 g/mol. The molecule has 2 heteroatoms. The summed E-state index contributed by atoms with van der Waals surface area (Å²) in [5.74, 6) is 1.20. The summed E-state index contributed by atoms with van der Waals surface area (Å²) < 4.78 is 0. The van der Waals surface area contributed by atoms with Crippen LogP contribution in [0.5, 0.6) is 0 Å². The second-order valence-electron chi connectivity index (χ2n) is 6.43. The van der Waals surface area contributed by atoms with Crippen LogP contribution in [0.2, 0.25) is 0 Å². The molecule has 0 radical (unpaired) electrons. The average Bonchev–Trinajstić information content (AvgIpc) is 3.03. The summed E-state index contributed by atoms with van der Waals surface area (Å²) in [6.07, 6.45) is 11.3. The van der Waals surface area contributed by atoms with Gasteiger partial charge in [-0.3, -0.25) is 4.79 Å². The molecule has 3 rings (SSSR count). The second-order valence-corrected chi connectivity index (χ2v) is 6.43. The van der Waals surface area contributed by atoms with Crippen molar-refractivity contribution in [1.82, 2.24) is 0 Å². The fraction of sp³-hybridized carbons (Fsp3) is 0.611. The summed E-state index contributed by atoms with van der Waals surface area (Å²) in [7, 11) is 0. The highest BCUT2D eigenvalue weighted by Gasteiger charge is 2.22. The normalized spacial score (nSPS) is 21.0. The minimum Gasteiger partial charge on any atom is -0.326 e. The van der Waals surface area contributed by atoms with Crippen LogP contribution in [0.3, 0.4) is 0 Å². The molecule has 1 aromatic rings. The molecule has 0 saturated heterocycles. The Balaban J connectivity index is 1.59. The highest BCUT2D eigenvalue weighted by atomic mass is 16.1. The zero-order chi connectivity index (χ0) is 13.8. The lowest BCUT2D eigenvalue weighted by Crippen LogP contribution is -2.20. The Morgan fingerprint density at radius 1 is 0.850 bits per heavy atom. The van der Waals surface area contributed by atoms with Crippen LogP contribution in [0.4, 0.5) is 5.69 Å². The van der Waals surface area contributed by atoms with Crippen LogP contribution in [0, 0.1) is 5.92 Å². The largest absolute Gasteiger partial charge is 0.326 e. The van der Waals surface area contributed by atoms with Crippen LogP contribution < -0.4 is 5.32 Å². The van der Waals surface area contributed by atoms with Crippen LogP contribution in [0.25, 0.3) is 0 Å². The second kappa shape index (κ2) is 6.43. The summed E-state index contributed by atoms with van der Waals surface area (Å²) in [5, 5.41) is 3.08. The van der Waals surface area contributed by atoms with Gasteiger partial charge in [-0.05, 0) is 49.3 Å². The first-order valence-corrected chi connectivity index (χ1v) is 8.24. The SMILES string of the molecule is O=C(Nc1ccc(C2CCCCC2)cc1)C1CCCC1. The van der Waals surface area contributed by atoms with E-state index in [9.17, 15) is 4.79 Å². The standard InChI is InChI=1S/C18H25NO/c20-18(16-8-4-5-9-16)19-17-12-10-15(11-13-17)14-6-2-1-3-7-14/h10-14,16H,1-9H2,(H,19,20). The van der Waals surface area contributed by atoms with E-state index in [1.165, 1.54) is 50.5 Å². The molecule has 0 unspecified atom stereocenters. The summed E-state index contributed by atoms with van der Waals surface area (Å²) >= 11 is 0. The fourth-order valence-electron chi connectivity index (χ4n) is 3.71. The van der Waals surface area contributed by atoms with Gasteiger partial charge in [0.1, 0.15) is 0 Å². The highest BCUT2D eigenvalue weighted by molar-refractivity contribution is 5.92. The molecule has 108 valence electrons. The lowest BCUT2D eigenvalue weighted by atomic mass is 9.84. The maximum absolute atomic E-state index is 12.1. The van der Waals surface area contributed by atoms with Gasteiger partial charge in [-0.1, -0.05) is 44.2 Å². The van der Waals surface area contributed by atoms with Crippen molar-refractivity contribution in [1.29, 1.82) is 0 Å². The maximum Gasteiger partial charge on any atom is 0.227 e. The van der Waals surface area contributed by atoms with E-state index >= 15 is 0 Å². The number of amides is 1. The molecule has 0 aliphatic heterocycles. The predicted octanol–water partition coefficient (Wildman–Crippen LogP) is 4.86. The Morgan fingerprint density at radius 2 is 1.45 bits per heavy atom. The zero-order valence-corrected chi connectivity index (χ0v) is 12.2. The summed E-state index contributed by atoms with van der Waals surface area (Å²) in [6, 6.07) is 8.58. The molecule has 0 aromatic heterocycles. The van der Waals surface area contributed by atoms with Gasteiger partial charge in [0.15, 0.2) is 0 Å². The van der Waals surface area contributed by atoms with E-state index < -0.39 is 0 Å². The van der Waals surface area contributed by atoms with Crippen LogP contribution in [-0.4, -0.2) is 5.91 Å². The number of rotatable bonds is 3. The van der Waals surface area contributed by atoms with Gasteiger partial charge in [-0.2, -0.15) is 0 Å². The number of carbonyl (C=O) groups is 1. The zero-order valence-electron chi connectivity index (χ0n) is 12.2. The van der Waals surface area contributed by atoms with E-state index in [0.29, 0.717) is 0 Å². The molecule has 2 aliphatic carbocycles. The van der Waals surface area contributed by atoms with Crippen molar-refractivity contribution in [2.24, 2.45) is 5.92 Å². The minimum absolute atomic E-state index is 0.216. The van der Waals surface area contributed by atoms with Crippen molar-refractivity contribution in [2.45, 2.75) is 63.7 Å². The van der Waals surface area contributed by atoms with Gasteiger partial charge < -0.3 is 5.32 Å².